The van der Waals surface area contributed by atoms with E-state index in [0.29, 0.717) is 56.5 Å². The summed E-state index contributed by atoms with van der Waals surface area (Å²) in [6.07, 6.45) is -0.557. The lowest BCUT2D eigenvalue weighted by Gasteiger charge is -2.29. The maximum absolute atomic E-state index is 14.6. The summed E-state index contributed by atoms with van der Waals surface area (Å²) in [4.78, 5) is 19.5. The number of H-pyrrole nitrogens is 1. The molecule has 1 aromatic carbocycles. The molecule has 0 saturated carbocycles. The maximum atomic E-state index is 14.6. The highest BCUT2D eigenvalue weighted by atomic mass is 19.1. The van der Waals surface area contributed by atoms with E-state index in [2.05, 4.69) is 15.2 Å². The molecule has 0 radical (unpaired) electrons. The first-order valence-corrected chi connectivity index (χ1v) is 8.37. The summed E-state index contributed by atoms with van der Waals surface area (Å²) in [5.74, 6) is 0.307. The van der Waals surface area contributed by atoms with Gasteiger partial charge < -0.3 is 20.1 Å². The van der Waals surface area contributed by atoms with Gasteiger partial charge >= 0.3 is 6.09 Å². The van der Waals surface area contributed by atoms with Gasteiger partial charge in [0.25, 0.3) is 0 Å². The van der Waals surface area contributed by atoms with Crippen molar-refractivity contribution in [2.75, 3.05) is 48.4 Å². The number of carbonyl (C=O) groups excluding carboxylic acids is 1. The Morgan fingerprint density at radius 1 is 1.35 bits per heavy atom. The molecule has 1 atom stereocenters. The Morgan fingerprint density at radius 3 is 2.85 bits per heavy atom. The summed E-state index contributed by atoms with van der Waals surface area (Å²) in [5, 5.41) is 6.43. The lowest BCUT2D eigenvalue weighted by Crippen LogP contribution is -2.36. The fraction of sp³-hybridized carbons (Fsp3) is 0.438. The number of rotatable bonds is 4. The van der Waals surface area contributed by atoms with Gasteiger partial charge in [-0.05, 0) is 18.2 Å². The summed E-state index contributed by atoms with van der Waals surface area (Å²) in [7, 11) is 0. The van der Waals surface area contributed by atoms with E-state index in [1.165, 1.54) is 11.0 Å². The molecular weight excluding hydrogens is 343 g/mol. The van der Waals surface area contributed by atoms with Gasteiger partial charge in [0.1, 0.15) is 17.7 Å². The number of nitrogens with zero attached hydrogens (tertiary/aromatic N) is 4. The van der Waals surface area contributed by atoms with Crippen molar-refractivity contribution in [3.05, 3.63) is 29.8 Å². The van der Waals surface area contributed by atoms with Crippen LogP contribution in [0.5, 0.6) is 0 Å². The molecule has 2 fully saturated rings. The molecule has 1 amide bonds. The molecule has 9 nitrogen and oxygen atoms in total. The second-order valence-corrected chi connectivity index (χ2v) is 6.20. The molecule has 138 valence electrons. The normalized spacial score (nSPS) is 20.5. The Balaban J connectivity index is 1.46. The largest absolute Gasteiger partial charge is 0.443 e. The van der Waals surface area contributed by atoms with Gasteiger partial charge in [0, 0.05) is 19.5 Å². The van der Waals surface area contributed by atoms with Crippen molar-refractivity contribution in [2.24, 2.45) is 0 Å². The van der Waals surface area contributed by atoms with Crippen LogP contribution in [0.1, 0.15) is 5.82 Å². The number of benzene rings is 1. The Kier molecular flexibility index (Phi) is 4.33. The first-order valence-electron chi connectivity index (χ1n) is 8.37. The van der Waals surface area contributed by atoms with E-state index in [9.17, 15) is 9.18 Å². The number of anilines is 3. The predicted octanol–water partition coefficient (Wildman–Crippen LogP) is 0.930. The SMILES string of the molecule is Nc1n[nH]c(CC2CN(c3ccc(N4CCOCC4)c(F)c3)C(=O)O2)n1. The minimum Gasteiger partial charge on any atom is -0.443 e. The number of ether oxygens (including phenoxy) is 2. The van der Waals surface area contributed by atoms with E-state index >= 15 is 0 Å². The molecule has 0 spiro atoms. The van der Waals surface area contributed by atoms with Crippen LogP contribution in [0.2, 0.25) is 0 Å². The number of nitrogen functional groups attached to an aromatic ring is 1. The molecule has 2 aromatic rings. The Labute approximate surface area is 148 Å². The average Bonchev–Trinajstić information content (AvgIpc) is 3.21. The number of aromatic nitrogens is 3. The second kappa shape index (κ2) is 6.79. The number of nitrogens with one attached hydrogen (secondary N) is 1. The van der Waals surface area contributed by atoms with E-state index in [0.717, 1.165) is 0 Å². The molecule has 3 N–H and O–H groups in total. The van der Waals surface area contributed by atoms with Crippen molar-refractivity contribution in [2.45, 2.75) is 12.5 Å². The van der Waals surface area contributed by atoms with Crippen LogP contribution in [0.3, 0.4) is 0 Å². The lowest BCUT2D eigenvalue weighted by atomic mass is 10.2. The number of halogens is 1. The number of nitrogens with two attached hydrogens (primary N) is 1. The van der Waals surface area contributed by atoms with Gasteiger partial charge in [-0.1, -0.05) is 0 Å². The highest BCUT2D eigenvalue weighted by molar-refractivity contribution is 5.90. The number of hydrogen-bond donors (Lipinski definition) is 2. The summed E-state index contributed by atoms with van der Waals surface area (Å²) < 4.78 is 25.2. The molecule has 1 aromatic heterocycles. The number of morpholine rings is 1. The fourth-order valence-electron chi connectivity index (χ4n) is 3.18. The second-order valence-electron chi connectivity index (χ2n) is 6.20. The molecular formula is C16H19FN6O3. The van der Waals surface area contributed by atoms with Crippen LogP contribution in [0.4, 0.5) is 26.5 Å². The van der Waals surface area contributed by atoms with Crippen molar-refractivity contribution in [1.82, 2.24) is 15.2 Å². The highest BCUT2D eigenvalue weighted by Crippen LogP contribution is 2.28. The lowest BCUT2D eigenvalue weighted by molar-refractivity contribution is 0.122. The molecule has 3 heterocycles. The van der Waals surface area contributed by atoms with Crippen LogP contribution in [0.15, 0.2) is 18.2 Å². The molecule has 1 unspecified atom stereocenters. The molecule has 0 bridgehead atoms. The molecule has 26 heavy (non-hydrogen) atoms. The summed E-state index contributed by atoms with van der Waals surface area (Å²) >= 11 is 0. The van der Waals surface area contributed by atoms with Gasteiger partial charge in [-0.3, -0.25) is 10.00 Å². The maximum Gasteiger partial charge on any atom is 0.414 e. The zero-order valence-electron chi connectivity index (χ0n) is 14.0. The number of cyclic esters (lactones) is 1. The third-order valence-corrected chi connectivity index (χ3v) is 4.44. The molecule has 0 aliphatic carbocycles. The highest BCUT2D eigenvalue weighted by Gasteiger charge is 2.33. The Morgan fingerprint density at radius 2 is 2.15 bits per heavy atom. The van der Waals surface area contributed by atoms with Crippen molar-refractivity contribution >= 4 is 23.4 Å². The first-order chi connectivity index (χ1) is 12.6. The van der Waals surface area contributed by atoms with Gasteiger partial charge in [0.2, 0.25) is 5.95 Å². The van der Waals surface area contributed by atoms with Gasteiger partial charge in [-0.15, -0.1) is 5.10 Å². The summed E-state index contributed by atoms with van der Waals surface area (Å²) in [5.41, 5.74) is 6.44. The minimum absolute atomic E-state index is 0.141. The van der Waals surface area contributed by atoms with Crippen molar-refractivity contribution in [3.8, 4) is 0 Å². The Bertz CT molecular complexity index is 807. The zero-order valence-corrected chi connectivity index (χ0v) is 14.0. The van der Waals surface area contributed by atoms with Gasteiger partial charge in [0.05, 0.1) is 31.1 Å². The monoisotopic (exact) mass is 362 g/mol. The van der Waals surface area contributed by atoms with Crippen LogP contribution in [0.25, 0.3) is 0 Å². The van der Waals surface area contributed by atoms with Crippen LogP contribution < -0.4 is 15.5 Å². The van der Waals surface area contributed by atoms with Gasteiger partial charge in [-0.2, -0.15) is 4.98 Å². The van der Waals surface area contributed by atoms with Crippen molar-refractivity contribution in [1.29, 1.82) is 0 Å². The van der Waals surface area contributed by atoms with Gasteiger partial charge in [-0.25, -0.2) is 9.18 Å². The van der Waals surface area contributed by atoms with Crippen LogP contribution in [-0.4, -0.2) is 60.2 Å². The van der Waals surface area contributed by atoms with Crippen LogP contribution in [0, 0.1) is 5.82 Å². The van der Waals surface area contributed by atoms with E-state index in [4.69, 9.17) is 15.2 Å². The smallest absolute Gasteiger partial charge is 0.414 e. The van der Waals surface area contributed by atoms with E-state index in [-0.39, 0.29) is 11.8 Å². The third kappa shape index (κ3) is 3.27. The molecule has 10 heteroatoms. The summed E-state index contributed by atoms with van der Waals surface area (Å²) in [6, 6.07) is 4.78. The Hall–Kier alpha value is -2.88. The van der Waals surface area contributed by atoms with Crippen molar-refractivity contribution in [3.63, 3.8) is 0 Å². The third-order valence-electron chi connectivity index (χ3n) is 4.44. The zero-order chi connectivity index (χ0) is 18.1. The van der Waals surface area contributed by atoms with Crippen LogP contribution >= 0.6 is 0 Å². The number of carbonyl (C=O) groups is 1. The fourth-order valence-corrected chi connectivity index (χ4v) is 3.18. The van der Waals surface area contributed by atoms with E-state index in [1.54, 1.807) is 12.1 Å². The quantitative estimate of drug-likeness (QED) is 0.832. The summed E-state index contributed by atoms with van der Waals surface area (Å²) in [6.45, 7) is 2.74. The standard InChI is InChI=1S/C16H19FN6O3/c17-12-7-10(1-2-13(12)22-3-5-25-6-4-22)23-9-11(26-16(23)24)8-14-19-15(18)21-20-14/h1-2,7,11H,3-6,8-9H2,(H3,18,19,20,21). The predicted molar refractivity (Wildman–Crippen MR) is 91.5 cm³/mol. The molecule has 2 aliphatic rings. The molecule has 2 saturated heterocycles. The molecule has 4 rings (SSSR count). The first kappa shape index (κ1) is 16.6. The van der Waals surface area contributed by atoms with E-state index in [1.807, 2.05) is 4.90 Å². The van der Waals surface area contributed by atoms with E-state index < -0.39 is 12.2 Å². The van der Waals surface area contributed by atoms with Gasteiger partial charge in [0.15, 0.2) is 0 Å². The minimum atomic E-state index is -0.513. The number of amides is 1. The molecule has 2 aliphatic heterocycles. The topological polar surface area (TPSA) is 110 Å². The number of aromatic amines is 1. The van der Waals surface area contributed by atoms with Crippen LogP contribution in [-0.2, 0) is 15.9 Å². The van der Waals surface area contributed by atoms with Crippen molar-refractivity contribution < 1.29 is 18.7 Å². The average molecular weight is 362 g/mol. The number of hydrogen-bond acceptors (Lipinski definition) is 7.